The molecule has 0 fully saturated rings. The number of hydrogen-bond donors (Lipinski definition) is 1. The Bertz CT molecular complexity index is 1500. The van der Waals surface area contributed by atoms with E-state index in [1.165, 1.54) is 40.5 Å². The second kappa shape index (κ2) is 9.17. The van der Waals surface area contributed by atoms with Gasteiger partial charge in [-0.2, -0.15) is 0 Å². The number of carbonyl (C=O) groups excluding carboxylic acids is 2. The number of ketones is 1. The maximum absolute atomic E-state index is 13.9. The SMILES string of the molecule is Cc1cc(C)cc(N2C(=O)C(O)=C(C(=O)c3sc(-c4ccccc4)nc3C)C2c2ccc(F)cc2)c1. The quantitative estimate of drug-likeness (QED) is 0.313. The summed E-state index contributed by atoms with van der Waals surface area (Å²) in [5.41, 5.74) is 4.27. The van der Waals surface area contributed by atoms with Crippen LogP contribution in [0, 0.1) is 26.6 Å². The lowest BCUT2D eigenvalue weighted by atomic mass is 9.94. The fourth-order valence-corrected chi connectivity index (χ4v) is 5.61. The molecule has 5 rings (SSSR count). The lowest BCUT2D eigenvalue weighted by Crippen LogP contribution is -2.31. The lowest BCUT2D eigenvalue weighted by molar-refractivity contribution is -0.117. The predicted octanol–water partition coefficient (Wildman–Crippen LogP) is 6.66. The molecule has 1 atom stereocenters. The largest absolute Gasteiger partial charge is 0.503 e. The minimum Gasteiger partial charge on any atom is -0.503 e. The Morgan fingerprint density at radius 2 is 1.61 bits per heavy atom. The molecule has 0 spiro atoms. The molecule has 1 N–H and O–H groups in total. The molecule has 0 bridgehead atoms. The number of amides is 1. The number of Topliss-reactive ketones (excluding diaryl/α,β-unsaturated/α-hetero) is 1. The van der Waals surface area contributed by atoms with Gasteiger partial charge in [0.15, 0.2) is 5.76 Å². The molecular weight excluding hydrogens is 475 g/mol. The maximum Gasteiger partial charge on any atom is 0.294 e. The number of nitrogens with zero attached hydrogens (tertiary/aromatic N) is 2. The van der Waals surface area contributed by atoms with E-state index in [1.54, 1.807) is 6.92 Å². The Balaban J connectivity index is 1.65. The van der Waals surface area contributed by atoms with Gasteiger partial charge in [0, 0.05) is 11.3 Å². The number of aliphatic hydroxyl groups excluding tert-OH is 1. The third-order valence-corrected chi connectivity index (χ3v) is 7.35. The highest BCUT2D eigenvalue weighted by molar-refractivity contribution is 7.17. The Morgan fingerprint density at radius 3 is 2.25 bits per heavy atom. The van der Waals surface area contributed by atoms with Crippen molar-refractivity contribution < 1.29 is 19.1 Å². The number of anilines is 1. The van der Waals surface area contributed by atoms with E-state index in [0.717, 1.165) is 16.7 Å². The van der Waals surface area contributed by atoms with Crippen LogP contribution in [-0.4, -0.2) is 21.8 Å². The van der Waals surface area contributed by atoms with Crippen molar-refractivity contribution in [2.24, 2.45) is 0 Å². The van der Waals surface area contributed by atoms with Gasteiger partial charge >= 0.3 is 0 Å². The second-order valence-corrected chi connectivity index (χ2v) is 9.87. The van der Waals surface area contributed by atoms with Gasteiger partial charge in [0.1, 0.15) is 10.8 Å². The van der Waals surface area contributed by atoms with E-state index in [4.69, 9.17) is 0 Å². The highest BCUT2D eigenvalue weighted by Gasteiger charge is 2.45. The van der Waals surface area contributed by atoms with E-state index in [0.29, 0.717) is 26.8 Å². The molecule has 0 radical (unpaired) electrons. The molecule has 36 heavy (non-hydrogen) atoms. The second-order valence-electron chi connectivity index (χ2n) is 8.87. The molecule has 1 unspecified atom stereocenters. The summed E-state index contributed by atoms with van der Waals surface area (Å²) in [5, 5.41) is 11.7. The normalized spacial score (nSPS) is 15.6. The Morgan fingerprint density at radius 1 is 0.972 bits per heavy atom. The zero-order valence-corrected chi connectivity index (χ0v) is 20.8. The smallest absolute Gasteiger partial charge is 0.294 e. The van der Waals surface area contributed by atoms with Gasteiger partial charge < -0.3 is 5.11 Å². The van der Waals surface area contributed by atoms with E-state index >= 15 is 0 Å². The zero-order valence-electron chi connectivity index (χ0n) is 19.9. The van der Waals surface area contributed by atoms with Gasteiger partial charge in [-0.25, -0.2) is 9.37 Å². The highest BCUT2D eigenvalue weighted by atomic mass is 32.1. The van der Waals surface area contributed by atoms with Gasteiger partial charge in [0.2, 0.25) is 5.78 Å². The molecule has 2 heterocycles. The van der Waals surface area contributed by atoms with Crippen molar-refractivity contribution in [2.75, 3.05) is 4.90 Å². The van der Waals surface area contributed by atoms with Crippen LogP contribution in [0.3, 0.4) is 0 Å². The van der Waals surface area contributed by atoms with E-state index in [9.17, 15) is 19.1 Å². The van der Waals surface area contributed by atoms with Crippen molar-refractivity contribution in [2.45, 2.75) is 26.8 Å². The van der Waals surface area contributed by atoms with Crippen molar-refractivity contribution >= 4 is 28.7 Å². The number of hydrogen-bond acceptors (Lipinski definition) is 5. The van der Waals surface area contributed by atoms with Crippen molar-refractivity contribution in [1.29, 1.82) is 0 Å². The third-order valence-electron chi connectivity index (χ3n) is 6.15. The lowest BCUT2D eigenvalue weighted by Gasteiger charge is -2.27. The van der Waals surface area contributed by atoms with Gasteiger partial charge in [-0.3, -0.25) is 14.5 Å². The first kappa shape index (κ1) is 23.6. The van der Waals surface area contributed by atoms with Crippen LogP contribution in [0.1, 0.15) is 38.1 Å². The van der Waals surface area contributed by atoms with Crippen LogP contribution in [0.4, 0.5) is 10.1 Å². The molecule has 0 saturated heterocycles. The highest BCUT2D eigenvalue weighted by Crippen LogP contribution is 2.43. The summed E-state index contributed by atoms with van der Waals surface area (Å²) in [6.07, 6.45) is 0. The number of thiazole rings is 1. The molecule has 5 nitrogen and oxygen atoms in total. The molecule has 0 saturated carbocycles. The van der Waals surface area contributed by atoms with Gasteiger partial charge in [-0.15, -0.1) is 11.3 Å². The monoisotopic (exact) mass is 498 g/mol. The van der Waals surface area contributed by atoms with E-state index in [1.807, 2.05) is 62.4 Å². The average Bonchev–Trinajstić information content (AvgIpc) is 3.36. The van der Waals surface area contributed by atoms with Crippen LogP contribution in [0.2, 0.25) is 0 Å². The number of halogens is 1. The van der Waals surface area contributed by atoms with Crippen LogP contribution in [0.15, 0.2) is 84.1 Å². The first-order chi connectivity index (χ1) is 17.2. The molecule has 3 aromatic carbocycles. The molecule has 4 aromatic rings. The predicted molar refractivity (Wildman–Crippen MR) is 139 cm³/mol. The topological polar surface area (TPSA) is 70.5 Å². The molecule has 1 aromatic heterocycles. The number of benzene rings is 3. The summed E-state index contributed by atoms with van der Waals surface area (Å²) >= 11 is 1.22. The first-order valence-electron chi connectivity index (χ1n) is 11.4. The van der Waals surface area contributed by atoms with Crippen LogP contribution < -0.4 is 4.90 Å². The van der Waals surface area contributed by atoms with Crippen molar-refractivity contribution in [3.05, 3.63) is 117 Å². The molecule has 180 valence electrons. The molecular formula is C29H23FN2O3S. The van der Waals surface area contributed by atoms with Crippen LogP contribution >= 0.6 is 11.3 Å². The summed E-state index contributed by atoms with van der Waals surface area (Å²) in [7, 11) is 0. The average molecular weight is 499 g/mol. The Labute approximate surface area is 212 Å². The zero-order chi connectivity index (χ0) is 25.6. The van der Waals surface area contributed by atoms with Crippen LogP contribution in [-0.2, 0) is 4.79 Å². The van der Waals surface area contributed by atoms with E-state index in [2.05, 4.69) is 4.98 Å². The fraction of sp³-hybridized carbons (Fsp3) is 0.138. The molecule has 1 aliphatic heterocycles. The number of aromatic nitrogens is 1. The summed E-state index contributed by atoms with van der Waals surface area (Å²) < 4.78 is 13.8. The minimum absolute atomic E-state index is 0.0443. The third kappa shape index (κ3) is 4.12. The van der Waals surface area contributed by atoms with Crippen molar-refractivity contribution in [3.8, 4) is 10.6 Å². The van der Waals surface area contributed by atoms with Crippen LogP contribution in [0.25, 0.3) is 10.6 Å². The summed E-state index contributed by atoms with van der Waals surface area (Å²) in [6.45, 7) is 5.56. The number of aryl methyl sites for hydroxylation is 3. The number of aliphatic hydroxyl groups is 1. The Kier molecular flexibility index (Phi) is 6.02. The van der Waals surface area contributed by atoms with Gasteiger partial charge in [0.25, 0.3) is 5.91 Å². The van der Waals surface area contributed by atoms with Gasteiger partial charge in [-0.1, -0.05) is 48.5 Å². The van der Waals surface area contributed by atoms with Gasteiger partial charge in [0.05, 0.1) is 22.2 Å². The first-order valence-corrected chi connectivity index (χ1v) is 12.2. The van der Waals surface area contributed by atoms with Crippen molar-refractivity contribution in [3.63, 3.8) is 0 Å². The van der Waals surface area contributed by atoms with E-state index < -0.39 is 29.3 Å². The molecule has 1 aliphatic rings. The van der Waals surface area contributed by atoms with Crippen molar-refractivity contribution in [1.82, 2.24) is 4.98 Å². The molecule has 7 heteroatoms. The summed E-state index contributed by atoms with van der Waals surface area (Å²) in [5.74, 6) is -2.20. The number of carbonyl (C=O) groups is 2. The van der Waals surface area contributed by atoms with Gasteiger partial charge in [-0.05, 0) is 61.7 Å². The standard InChI is InChI=1S/C29H23FN2O3S/c1-16-13-17(2)15-22(14-16)32-24(19-9-11-21(30)12-10-19)23(26(34)29(32)35)25(33)27-18(3)31-28(36-27)20-7-5-4-6-8-20/h4-15,24,34H,1-3H3. The minimum atomic E-state index is -0.923. The molecule has 1 amide bonds. The maximum atomic E-state index is 13.9. The van der Waals surface area contributed by atoms with Crippen LogP contribution in [0.5, 0.6) is 0 Å². The number of rotatable bonds is 5. The van der Waals surface area contributed by atoms with E-state index in [-0.39, 0.29) is 5.57 Å². The fourth-order valence-electron chi connectivity index (χ4n) is 4.59. The summed E-state index contributed by atoms with van der Waals surface area (Å²) in [6, 6.07) is 19.8. The Hall–Kier alpha value is -4.10. The molecule has 0 aliphatic carbocycles. The summed E-state index contributed by atoms with van der Waals surface area (Å²) in [4.78, 5) is 33.7.